The highest BCUT2D eigenvalue weighted by atomic mass is 15.4. The van der Waals surface area contributed by atoms with Gasteiger partial charge in [0.25, 0.3) is 0 Å². The van der Waals surface area contributed by atoms with Crippen molar-refractivity contribution >= 4 is 11.0 Å². The molecule has 0 N–H and O–H groups in total. The minimum atomic E-state index is 0.858. The van der Waals surface area contributed by atoms with Crippen molar-refractivity contribution in [2.75, 3.05) is 0 Å². The molecule has 0 unspecified atom stereocenters. The maximum Gasteiger partial charge on any atom is 0.231 e. The first-order valence-electron chi connectivity index (χ1n) is 5.62. The van der Waals surface area contributed by atoms with Crippen LogP contribution in [0.5, 0.6) is 0 Å². The third-order valence-electron chi connectivity index (χ3n) is 2.96. The van der Waals surface area contributed by atoms with Crippen molar-refractivity contribution in [3.8, 4) is 5.95 Å². The van der Waals surface area contributed by atoms with Crippen molar-refractivity contribution in [1.82, 2.24) is 19.3 Å². The quantitative estimate of drug-likeness (QED) is 0.638. The van der Waals surface area contributed by atoms with Gasteiger partial charge in [-0.05, 0) is 32.0 Å². The van der Waals surface area contributed by atoms with E-state index in [0.717, 1.165) is 28.4 Å². The molecule has 0 spiro atoms. The normalized spacial score (nSPS) is 11.2. The van der Waals surface area contributed by atoms with Crippen molar-refractivity contribution < 1.29 is 0 Å². The Labute approximate surface area is 99.5 Å². The molecule has 2 aromatic heterocycles. The van der Waals surface area contributed by atoms with Crippen molar-refractivity contribution in [2.45, 2.75) is 13.8 Å². The van der Waals surface area contributed by atoms with Crippen LogP contribution in [0.3, 0.4) is 0 Å². The molecule has 0 amide bonds. The first-order chi connectivity index (χ1) is 8.16. The molecule has 0 fully saturated rings. The fourth-order valence-electron chi connectivity index (χ4n) is 2.15. The van der Waals surface area contributed by atoms with E-state index in [0.29, 0.717) is 0 Å². The minimum absolute atomic E-state index is 0.858. The largest absolute Gasteiger partial charge is 0.311 e. The second kappa shape index (κ2) is 3.45. The molecular weight excluding hydrogens is 212 g/mol. The minimum Gasteiger partial charge on any atom is -0.311 e. The Bertz CT molecular complexity index is 691. The Balaban J connectivity index is 2.31. The molecule has 4 heteroatoms. The zero-order valence-corrected chi connectivity index (χ0v) is 10.2. The molecule has 0 bridgehead atoms. The molecule has 3 aromatic rings. The molecule has 0 saturated carbocycles. The number of aryl methyl sites for hydroxylation is 3. The van der Waals surface area contributed by atoms with Crippen molar-refractivity contribution in [2.24, 2.45) is 7.05 Å². The van der Waals surface area contributed by atoms with Gasteiger partial charge >= 0.3 is 0 Å². The van der Waals surface area contributed by atoms with Crippen LogP contribution in [0.4, 0.5) is 0 Å². The molecule has 0 aliphatic rings. The average molecular weight is 226 g/mol. The summed E-state index contributed by atoms with van der Waals surface area (Å²) in [4.78, 5) is 4.62. The Morgan fingerprint density at radius 3 is 2.53 bits per heavy atom. The Morgan fingerprint density at radius 1 is 1.12 bits per heavy atom. The summed E-state index contributed by atoms with van der Waals surface area (Å²) in [5, 5.41) is 4.47. The van der Waals surface area contributed by atoms with Crippen LogP contribution in [0.1, 0.15) is 11.4 Å². The number of fused-ring (bicyclic) bond motifs is 1. The van der Waals surface area contributed by atoms with E-state index >= 15 is 0 Å². The van der Waals surface area contributed by atoms with Gasteiger partial charge in [-0.1, -0.05) is 12.1 Å². The lowest BCUT2D eigenvalue weighted by Crippen LogP contribution is -2.06. The van der Waals surface area contributed by atoms with Crippen molar-refractivity contribution in [3.63, 3.8) is 0 Å². The highest BCUT2D eigenvalue weighted by molar-refractivity contribution is 5.77. The summed E-state index contributed by atoms with van der Waals surface area (Å²) in [6, 6.07) is 10.2. The van der Waals surface area contributed by atoms with Gasteiger partial charge in [-0.2, -0.15) is 5.10 Å². The number of hydrogen-bond acceptors (Lipinski definition) is 2. The smallest absolute Gasteiger partial charge is 0.231 e. The van der Waals surface area contributed by atoms with Gasteiger partial charge in [-0.15, -0.1) is 0 Å². The van der Waals surface area contributed by atoms with Gasteiger partial charge in [0.2, 0.25) is 5.95 Å². The summed E-state index contributed by atoms with van der Waals surface area (Å²) in [5.74, 6) is 0.858. The fraction of sp³-hybridized carbons (Fsp3) is 0.231. The summed E-state index contributed by atoms with van der Waals surface area (Å²) < 4.78 is 3.95. The summed E-state index contributed by atoms with van der Waals surface area (Å²) in [6.07, 6.45) is 0. The molecule has 0 saturated heterocycles. The lowest BCUT2D eigenvalue weighted by atomic mass is 10.3. The van der Waals surface area contributed by atoms with Crippen LogP contribution in [-0.4, -0.2) is 19.3 Å². The zero-order chi connectivity index (χ0) is 12.0. The predicted octanol–water partition coefficient (Wildman–Crippen LogP) is 2.38. The van der Waals surface area contributed by atoms with Crippen LogP contribution in [0.15, 0.2) is 30.3 Å². The topological polar surface area (TPSA) is 35.6 Å². The fourth-order valence-corrected chi connectivity index (χ4v) is 2.15. The van der Waals surface area contributed by atoms with Crippen LogP contribution in [-0.2, 0) is 7.05 Å². The van der Waals surface area contributed by atoms with Gasteiger partial charge in [0.05, 0.1) is 16.7 Å². The highest BCUT2D eigenvalue weighted by Gasteiger charge is 2.11. The molecule has 1 aromatic carbocycles. The standard InChI is InChI=1S/C13H14N4/c1-9-8-10(2)17(15-9)13-14-11-6-4-5-7-12(11)16(13)3/h4-8H,1-3H3. The summed E-state index contributed by atoms with van der Waals surface area (Å²) in [7, 11) is 2.02. The van der Waals surface area contributed by atoms with E-state index in [9.17, 15) is 0 Å². The van der Waals surface area contributed by atoms with E-state index in [2.05, 4.69) is 26.8 Å². The third kappa shape index (κ3) is 1.45. The molecule has 3 rings (SSSR count). The van der Waals surface area contributed by atoms with Crippen molar-refractivity contribution in [1.29, 1.82) is 0 Å². The van der Waals surface area contributed by atoms with E-state index in [4.69, 9.17) is 0 Å². The summed E-state index contributed by atoms with van der Waals surface area (Å²) in [5.41, 5.74) is 4.23. The number of nitrogens with zero attached hydrogens (tertiary/aromatic N) is 4. The van der Waals surface area contributed by atoms with Gasteiger partial charge in [0, 0.05) is 12.7 Å². The lowest BCUT2D eigenvalue weighted by Gasteiger charge is -2.03. The Kier molecular flexibility index (Phi) is 2.04. The predicted molar refractivity (Wildman–Crippen MR) is 67.3 cm³/mol. The molecule has 0 aliphatic heterocycles. The van der Waals surface area contributed by atoms with E-state index in [1.54, 1.807) is 0 Å². The van der Waals surface area contributed by atoms with Crippen LogP contribution < -0.4 is 0 Å². The molecule has 0 radical (unpaired) electrons. The maximum absolute atomic E-state index is 4.62. The number of benzene rings is 1. The zero-order valence-electron chi connectivity index (χ0n) is 10.2. The number of hydrogen-bond donors (Lipinski definition) is 0. The van der Waals surface area contributed by atoms with Gasteiger partial charge in [0.1, 0.15) is 0 Å². The first-order valence-corrected chi connectivity index (χ1v) is 5.62. The SMILES string of the molecule is Cc1cc(C)n(-c2nc3ccccc3n2C)n1. The Morgan fingerprint density at radius 2 is 1.88 bits per heavy atom. The number of rotatable bonds is 1. The number of imidazole rings is 1. The second-order valence-electron chi connectivity index (χ2n) is 4.30. The van der Waals surface area contributed by atoms with Crippen LogP contribution in [0.2, 0.25) is 0 Å². The van der Waals surface area contributed by atoms with E-state index in [-0.39, 0.29) is 0 Å². The summed E-state index contributed by atoms with van der Waals surface area (Å²) in [6.45, 7) is 4.03. The van der Waals surface area contributed by atoms with Gasteiger partial charge in [0.15, 0.2) is 0 Å². The van der Waals surface area contributed by atoms with Gasteiger partial charge in [-0.3, -0.25) is 0 Å². The van der Waals surface area contributed by atoms with E-state index in [1.807, 2.05) is 43.8 Å². The molecule has 0 atom stereocenters. The van der Waals surface area contributed by atoms with Gasteiger partial charge in [-0.25, -0.2) is 9.67 Å². The monoisotopic (exact) mass is 226 g/mol. The molecule has 2 heterocycles. The molecule has 4 nitrogen and oxygen atoms in total. The molecular formula is C13H14N4. The van der Waals surface area contributed by atoms with Gasteiger partial charge < -0.3 is 4.57 Å². The molecule has 0 aliphatic carbocycles. The average Bonchev–Trinajstić information content (AvgIpc) is 2.80. The van der Waals surface area contributed by atoms with E-state index in [1.165, 1.54) is 0 Å². The number of para-hydroxylation sites is 2. The Hall–Kier alpha value is -2.10. The third-order valence-corrected chi connectivity index (χ3v) is 2.96. The lowest BCUT2D eigenvalue weighted by molar-refractivity contribution is 0.736. The first kappa shape index (κ1) is 10.1. The maximum atomic E-state index is 4.62. The van der Waals surface area contributed by atoms with Crippen LogP contribution >= 0.6 is 0 Å². The van der Waals surface area contributed by atoms with Crippen LogP contribution in [0.25, 0.3) is 17.0 Å². The van der Waals surface area contributed by atoms with Crippen LogP contribution in [0, 0.1) is 13.8 Å². The highest BCUT2D eigenvalue weighted by Crippen LogP contribution is 2.18. The molecule has 17 heavy (non-hydrogen) atoms. The van der Waals surface area contributed by atoms with Crippen molar-refractivity contribution in [3.05, 3.63) is 41.7 Å². The second-order valence-corrected chi connectivity index (χ2v) is 4.30. The number of aromatic nitrogens is 4. The summed E-state index contributed by atoms with van der Waals surface area (Å²) >= 11 is 0. The molecule has 86 valence electrons. The van der Waals surface area contributed by atoms with E-state index < -0.39 is 0 Å².